The normalized spacial score (nSPS) is 12.5. The standard InChI is InChI=1S/C20H27N/c1-13(2)18-9-7-8-10-19(18)21-17(6)20-15(4)11-14(3)12-16(20)5/h7-13,17,21H,1-6H3. The fourth-order valence-corrected chi connectivity index (χ4v) is 3.31. The Kier molecular flexibility index (Phi) is 4.72. The minimum Gasteiger partial charge on any atom is -0.378 e. The number of hydrogen-bond acceptors (Lipinski definition) is 1. The molecule has 2 rings (SSSR count). The third-order valence-electron chi connectivity index (χ3n) is 4.13. The number of rotatable bonds is 4. The molecule has 0 aromatic heterocycles. The van der Waals surface area contributed by atoms with Crippen molar-refractivity contribution in [3.05, 3.63) is 64.2 Å². The summed E-state index contributed by atoms with van der Waals surface area (Å²) < 4.78 is 0. The van der Waals surface area contributed by atoms with Gasteiger partial charge in [0.05, 0.1) is 0 Å². The molecule has 0 radical (unpaired) electrons. The second-order valence-electron chi connectivity index (χ2n) is 6.42. The minimum atomic E-state index is 0.311. The van der Waals surface area contributed by atoms with E-state index in [9.17, 15) is 0 Å². The highest BCUT2D eigenvalue weighted by atomic mass is 14.9. The molecule has 2 aromatic rings. The van der Waals surface area contributed by atoms with E-state index in [0.29, 0.717) is 12.0 Å². The molecule has 0 aliphatic heterocycles. The fourth-order valence-electron chi connectivity index (χ4n) is 3.31. The first-order valence-corrected chi connectivity index (χ1v) is 7.83. The first-order valence-electron chi connectivity index (χ1n) is 7.83. The predicted octanol–water partition coefficient (Wildman–Crippen LogP) is 5.91. The molecular weight excluding hydrogens is 254 g/mol. The summed E-state index contributed by atoms with van der Waals surface area (Å²) in [5.74, 6) is 0.529. The van der Waals surface area contributed by atoms with Gasteiger partial charge in [-0.2, -0.15) is 0 Å². The Morgan fingerprint density at radius 2 is 1.43 bits per heavy atom. The van der Waals surface area contributed by atoms with E-state index < -0.39 is 0 Å². The van der Waals surface area contributed by atoms with Crippen LogP contribution in [0, 0.1) is 20.8 Å². The first-order chi connectivity index (χ1) is 9.90. The number of anilines is 1. The summed E-state index contributed by atoms with van der Waals surface area (Å²) in [4.78, 5) is 0. The highest BCUT2D eigenvalue weighted by Gasteiger charge is 2.14. The van der Waals surface area contributed by atoms with Crippen molar-refractivity contribution in [1.82, 2.24) is 0 Å². The van der Waals surface area contributed by atoms with E-state index in [1.807, 2.05) is 0 Å². The van der Waals surface area contributed by atoms with Crippen LogP contribution >= 0.6 is 0 Å². The molecule has 1 unspecified atom stereocenters. The Morgan fingerprint density at radius 3 is 2.00 bits per heavy atom. The van der Waals surface area contributed by atoms with E-state index in [4.69, 9.17) is 0 Å². The first kappa shape index (κ1) is 15.6. The summed E-state index contributed by atoms with van der Waals surface area (Å²) in [7, 11) is 0. The van der Waals surface area contributed by atoms with Gasteiger partial charge in [-0.25, -0.2) is 0 Å². The van der Waals surface area contributed by atoms with Crippen LogP contribution in [0.1, 0.15) is 60.5 Å². The quantitative estimate of drug-likeness (QED) is 0.734. The van der Waals surface area contributed by atoms with Gasteiger partial charge in [0.15, 0.2) is 0 Å². The van der Waals surface area contributed by atoms with Crippen LogP contribution in [0.3, 0.4) is 0 Å². The number of nitrogens with one attached hydrogen (secondary N) is 1. The maximum Gasteiger partial charge on any atom is 0.0490 e. The van der Waals surface area contributed by atoms with Crippen molar-refractivity contribution >= 4 is 5.69 Å². The SMILES string of the molecule is Cc1cc(C)c(C(C)Nc2ccccc2C(C)C)c(C)c1. The van der Waals surface area contributed by atoms with Crippen molar-refractivity contribution in [3.8, 4) is 0 Å². The number of aryl methyl sites for hydroxylation is 3. The van der Waals surface area contributed by atoms with Crippen molar-refractivity contribution < 1.29 is 0 Å². The topological polar surface area (TPSA) is 12.0 Å². The molecule has 1 heteroatoms. The molecule has 1 nitrogen and oxygen atoms in total. The maximum atomic E-state index is 3.71. The van der Waals surface area contributed by atoms with Crippen LogP contribution in [0.5, 0.6) is 0 Å². The Hall–Kier alpha value is -1.76. The molecule has 0 aliphatic carbocycles. The lowest BCUT2D eigenvalue weighted by atomic mass is 9.94. The zero-order valence-corrected chi connectivity index (χ0v) is 14.1. The van der Waals surface area contributed by atoms with Gasteiger partial charge in [-0.3, -0.25) is 0 Å². The highest BCUT2D eigenvalue weighted by Crippen LogP contribution is 2.30. The summed E-state index contributed by atoms with van der Waals surface area (Å²) in [6, 6.07) is 13.5. The molecule has 0 saturated heterocycles. The molecule has 0 amide bonds. The molecule has 1 atom stereocenters. The van der Waals surface area contributed by atoms with Gasteiger partial charge in [0.2, 0.25) is 0 Å². The van der Waals surface area contributed by atoms with Gasteiger partial charge in [-0.15, -0.1) is 0 Å². The van der Waals surface area contributed by atoms with E-state index in [2.05, 4.69) is 83.3 Å². The monoisotopic (exact) mass is 281 g/mol. The van der Waals surface area contributed by atoms with Crippen LogP contribution in [0.15, 0.2) is 36.4 Å². The summed E-state index contributed by atoms with van der Waals surface area (Å²) in [6.07, 6.45) is 0. The van der Waals surface area contributed by atoms with Crippen LogP contribution in [0.2, 0.25) is 0 Å². The molecule has 0 spiro atoms. The average Bonchev–Trinajstić information content (AvgIpc) is 2.37. The third kappa shape index (κ3) is 3.47. The predicted molar refractivity (Wildman–Crippen MR) is 93.2 cm³/mol. The highest BCUT2D eigenvalue weighted by molar-refractivity contribution is 5.55. The van der Waals surface area contributed by atoms with E-state index in [-0.39, 0.29) is 0 Å². The zero-order chi connectivity index (χ0) is 15.6. The lowest BCUT2D eigenvalue weighted by Gasteiger charge is -2.23. The number of para-hydroxylation sites is 1. The van der Waals surface area contributed by atoms with Gasteiger partial charge in [0.25, 0.3) is 0 Å². The van der Waals surface area contributed by atoms with Crippen LogP contribution < -0.4 is 5.32 Å². The Labute approximate surface area is 129 Å². The van der Waals surface area contributed by atoms with Crippen molar-refractivity contribution in [3.63, 3.8) is 0 Å². The molecule has 21 heavy (non-hydrogen) atoms. The van der Waals surface area contributed by atoms with Gasteiger partial charge >= 0.3 is 0 Å². The van der Waals surface area contributed by atoms with Crippen molar-refractivity contribution in [1.29, 1.82) is 0 Å². The van der Waals surface area contributed by atoms with Gasteiger partial charge in [0, 0.05) is 11.7 Å². The van der Waals surface area contributed by atoms with E-state index in [1.54, 1.807) is 0 Å². The van der Waals surface area contributed by atoms with Crippen LogP contribution in [-0.2, 0) is 0 Å². The molecule has 112 valence electrons. The summed E-state index contributed by atoms with van der Waals surface area (Å²) in [5, 5.41) is 3.71. The van der Waals surface area contributed by atoms with E-state index in [1.165, 1.54) is 33.5 Å². The molecule has 1 N–H and O–H groups in total. The number of hydrogen-bond donors (Lipinski definition) is 1. The van der Waals surface area contributed by atoms with Crippen LogP contribution in [-0.4, -0.2) is 0 Å². The second-order valence-corrected chi connectivity index (χ2v) is 6.42. The fraction of sp³-hybridized carbons (Fsp3) is 0.400. The molecule has 2 aromatic carbocycles. The second kappa shape index (κ2) is 6.34. The third-order valence-corrected chi connectivity index (χ3v) is 4.13. The summed E-state index contributed by atoms with van der Waals surface area (Å²) in [6.45, 7) is 13.3. The maximum absolute atomic E-state index is 3.71. The van der Waals surface area contributed by atoms with E-state index in [0.717, 1.165) is 0 Å². The largest absolute Gasteiger partial charge is 0.378 e. The molecular formula is C20H27N. The average molecular weight is 281 g/mol. The lowest BCUT2D eigenvalue weighted by Crippen LogP contribution is -2.12. The molecule has 0 saturated carbocycles. The lowest BCUT2D eigenvalue weighted by molar-refractivity contribution is 0.832. The zero-order valence-electron chi connectivity index (χ0n) is 14.1. The number of benzene rings is 2. The Morgan fingerprint density at radius 1 is 0.857 bits per heavy atom. The Bertz CT molecular complexity index is 602. The van der Waals surface area contributed by atoms with Crippen LogP contribution in [0.4, 0.5) is 5.69 Å². The van der Waals surface area contributed by atoms with Crippen LogP contribution in [0.25, 0.3) is 0 Å². The van der Waals surface area contributed by atoms with Gasteiger partial charge < -0.3 is 5.32 Å². The Balaban J connectivity index is 2.33. The van der Waals surface area contributed by atoms with Crippen molar-refractivity contribution in [2.75, 3.05) is 5.32 Å². The van der Waals surface area contributed by atoms with Gasteiger partial charge in [-0.1, -0.05) is 49.7 Å². The summed E-state index contributed by atoms with van der Waals surface area (Å²) >= 11 is 0. The van der Waals surface area contributed by atoms with Crippen molar-refractivity contribution in [2.24, 2.45) is 0 Å². The molecule has 0 aliphatic rings. The smallest absolute Gasteiger partial charge is 0.0490 e. The van der Waals surface area contributed by atoms with Gasteiger partial charge in [-0.05, 0) is 61.9 Å². The molecule has 0 fully saturated rings. The van der Waals surface area contributed by atoms with Crippen molar-refractivity contribution in [2.45, 2.75) is 53.5 Å². The molecule has 0 bridgehead atoms. The van der Waals surface area contributed by atoms with E-state index >= 15 is 0 Å². The molecule has 0 heterocycles. The van der Waals surface area contributed by atoms with Gasteiger partial charge in [0.1, 0.15) is 0 Å². The minimum absolute atomic E-state index is 0.311. The summed E-state index contributed by atoms with van der Waals surface area (Å²) in [5.41, 5.74) is 8.12.